The van der Waals surface area contributed by atoms with E-state index >= 15 is 0 Å². The Kier molecular flexibility index (Phi) is 4.38. The first-order valence-corrected chi connectivity index (χ1v) is 7.65. The Hall–Kier alpha value is -3.35. The molecule has 0 spiro atoms. The lowest BCUT2D eigenvalue weighted by Crippen LogP contribution is -2.49. The first-order chi connectivity index (χ1) is 12.0. The standard InChI is InChI=1S/C18H16N2O5/c1-11(17(22)19-13-5-3-2-4-6-13)20-14-8-7-12(18(23)24)9-15(14)25-10-16(20)21/h2-9,11H,10H2,1H3,(H,19,22)(H,23,24). The zero-order valence-corrected chi connectivity index (χ0v) is 13.4. The van der Waals surface area contributed by atoms with E-state index in [1.807, 2.05) is 6.07 Å². The molecule has 0 radical (unpaired) electrons. The minimum absolute atomic E-state index is 0.0504. The summed E-state index contributed by atoms with van der Waals surface area (Å²) in [5, 5.41) is 11.8. The van der Waals surface area contributed by atoms with E-state index < -0.39 is 12.0 Å². The molecule has 0 aliphatic carbocycles. The summed E-state index contributed by atoms with van der Waals surface area (Å²) < 4.78 is 5.32. The number of fused-ring (bicyclic) bond motifs is 1. The van der Waals surface area contributed by atoms with E-state index in [2.05, 4.69) is 5.32 Å². The van der Waals surface area contributed by atoms with E-state index in [1.54, 1.807) is 31.2 Å². The second kappa shape index (κ2) is 6.64. The Morgan fingerprint density at radius 2 is 1.92 bits per heavy atom. The van der Waals surface area contributed by atoms with Crippen LogP contribution in [-0.2, 0) is 9.59 Å². The van der Waals surface area contributed by atoms with Gasteiger partial charge in [0.1, 0.15) is 11.8 Å². The number of benzene rings is 2. The number of ether oxygens (including phenoxy) is 1. The zero-order chi connectivity index (χ0) is 18.0. The number of nitrogens with one attached hydrogen (secondary N) is 1. The highest BCUT2D eigenvalue weighted by atomic mass is 16.5. The molecule has 2 aromatic rings. The van der Waals surface area contributed by atoms with Gasteiger partial charge in [0, 0.05) is 5.69 Å². The minimum Gasteiger partial charge on any atom is -0.482 e. The van der Waals surface area contributed by atoms with Gasteiger partial charge in [0.15, 0.2) is 6.61 Å². The van der Waals surface area contributed by atoms with Gasteiger partial charge in [-0.3, -0.25) is 14.5 Å². The molecule has 7 nitrogen and oxygen atoms in total. The van der Waals surface area contributed by atoms with Crippen molar-refractivity contribution in [2.75, 3.05) is 16.8 Å². The maximum atomic E-state index is 12.5. The predicted molar refractivity (Wildman–Crippen MR) is 90.9 cm³/mol. The number of para-hydroxylation sites is 1. The van der Waals surface area contributed by atoms with Crippen LogP contribution in [0.1, 0.15) is 17.3 Å². The Bertz CT molecular complexity index is 835. The average molecular weight is 340 g/mol. The Balaban J connectivity index is 1.87. The fourth-order valence-corrected chi connectivity index (χ4v) is 2.62. The molecule has 2 aromatic carbocycles. The van der Waals surface area contributed by atoms with Gasteiger partial charge in [0.05, 0.1) is 11.3 Å². The molecule has 2 amide bonds. The van der Waals surface area contributed by atoms with Crippen molar-refractivity contribution in [3.63, 3.8) is 0 Å². The van der Waals surface area contributed by atoms with Crippen LogP contribution in [0.5, 0.6) is 5.75 Å². The molecule has 0 bridgehead atoms. The van der Waals surface area contributed by atoms with Gasteiger partial charge < -0.3 is 15.2 Å². The number of aromatic carboxylic acids is 1. The maximum Gasteiger partial charge on any atom is 0.335 e. The summed E-state index contributed by atoms with van der Waals surface area (Å²) in [6, 6.07) is 12.3. The second-order valence-electron chi connectivity index (χ2n) is 5.57. The fraction of sp³-hybridized carbons (Fsp3) is 0.167. The van der Waals surface area contributed by atoms with Crippen LogP contribution in [-0.4, -0.2) is 35.5 Å². The van der Waals surface area contributed by atoms with Gasteiger partial charge in [0.2, 0.25) is 5.91 Å². The van der Waals surface area contributed by atoms with Gasteiger partial charge in [-0.25, -0.2) is 4.79 Å². The third-order valence-corrected chi connectivity index (χ3v) is 3.89. The van der Waals surface area contributed by atoms with Crippen molar-refractivity contribution >= 4 is 29.2 Å². The Morgan fingerprint density at radius 3 is 2.60 bits per heavy atom. The highest BCUT2D eigenvalue weighted by Gasteiger charge is 2.33. The number of nitrogens with zero attached hydrogens (tertiary/aromatic N) is 1. The van der Waals surface area contributed by atoms with E-state index in [4.69, 9.17) is 9.84 Å². The van der Waals surface area contributed by atoms with Crippen LogP contribution in [0.15, 0.2) is 48.5 Å². The first-order valence-electron chi connectivity index (χ1n) is 7.65. The fourth-order valence-electron chi connectivity index (χ4n) is 2.62. The van der Waals surface area contributed by atoms with Crippen LogP contribution >= 0.6 is 0 Å². The van der Waals surface area contributed by atoms with Gasteiger partial charge in [0.25, 0.3) is 5.91 Å². The molecule has 2 N–H and O–H groups in total. The van der Waals surface area contributed by atoms with Crippen LogP contribution in [0.2, 0.25) is 0 Å². The maximum absolute atomic E-state index is 12.5. The monoisotopic (exact) mass is 340 g/mol. The van der Waals surface area contributed by atoms with Crippen molar-refractivity contribution in [2.24, 2.45) is 0 Å². The molecule has 25 heavy (non-hydrogen) atoms. The highest BCUT2D eigenvalue weighted by Crippen LogP contribution is 2.34. The highest BCUT2D eigenvalue weighted by molar-refractivity contribution is 6.07. The molecule has 0 aromatic heterocycles. The van der Waals surface area contributed by atoms with E-state index in [1.165, 1.54) is 23.1 Å². The summed E-state index contributed by atoms with van der Waals surface area (Å²) in [5.74, 6) is -1.55. The number of carboxylic acids is 1. The topological polar surface area (TPSA) is 95.9 Å². The number of hydrogen-bond acceptors (Lipinski definition) is 4. The third kappa shape index (κ3) is 3.30. The van der Waals surface area contributed by atoms with Crippen molar-refractivity contribution in [1.82, 2.24) is 0 Å². The Labute approximate surface area is 143 Å². The molecule has 0 saturated heterocycles. The molecule has 0 saturated carbocycles. The predicted octanol–water partition coefficient (Wildman–Crippen LogP) is 2.14. The van der Waals surface area contributed by atoms with Crippen LogP contribution in [0.4, 0.5) is 11.4 Å². The van der Waals surface area contributed by atoms with Gasteiger partial charge in [-0.05, 0) is 37.3 Å². The summed E-state index contributed by atoms with van der Waals surface area (Å²) >= 11 is 0. The van der Waals surface area contributed by atoms with Crippen molar-refractivity contribution in [2.45, 2.75) is 13.0 Å². The number of carbonyl (C=O) groups is 3. The zero-order valence-electron chi connectivity index (χ0n) is 13.4. The quantitative estimate of drug-likeness (QED) is 0.889. The molecular weight excluding hydrogens is 324 g/mol. The van der Waals surface area contributed by atoms with E-state index in [0.29, 0.717) is 11.4 Å². The molecule has 0 fully saturated rings. The number of anilines is 2. The third-order valence-electron chi connectivity index (χ3n) is 3.89. The second-order valence-corrected chi connectivity index (χ2v) is 5.57. The lowest BCUT2D eigenvalue weighted by Gasteiger charge is -2.33. The minimum atomic E-state index is -1.09. The largest absolute Gasteiger partial charge is 0.482 e. The molecular formula is C18H16N2O5. The van der Waals surface area contributed by atoms with Crippen molar-refractivity contribution in [3.05, 3.63) is 54.1 Å². The number of carbonyl (C=O) groups excluding carboxylic acids is 2. The van der Waals surface area contributed by atoms with E-state index in [0.717, 1.165) is 0 Å². The molecule has 1 atom stereocenters. The molecule has 1 aliphatic heterocycles. The lowest BCUT2D eigenvalue weighted by molar-refractivity contribution is -0.125. The summed E-state index contributed by atoms with van der Waals surface area (Å²) in [4.78, 5) is 37.2. The summed E-state index contributed by atoms with van der Waals surface area (Å²) in [5.41, 5.74) is 1.05. The normalized spacial score (nSPS) is 14.3. The molecule has 128 valence electrons. The molecule has 1 unspecified atom stereocenters. The van der Waals surface area contributed by atoms with E-state index in [-0.39, 0.29) is 29.7 Å². The Morgan fingerprint density at radius 1 is 1.20 bits per heavy atom. The SMILES string of the molecule is CC(C(=O)Nc1ccccc1)N1C(=O)COc2cc(C(=O)O)ccc21. The number of rotatable bonds is 4. The van der Waals surface area contributed by atoms with Gasteiger partial charge in [-0.1, -0.05) is 18.2 Å². The van der Waals surface area contributed by atoms with Gasteiger partial charge in [-0.15, -0.1) is 0 Å². The summed E-state index contributed by atoms with van der Waals surface area (Å²) in [6.07, 6.45) is 0. The van der Waals surface area contributed by atoms with Gasteiger partial charge >= 0.3 is 5.97 Å². The number of hydrogen-bond donors (Lipinski definition) is 2. The molecule has 1 aliphatic rings. The van der Waals surface area contributed by atoms with Crippen LogP contribution in [0, 0.1) is 0 Å². The van der Waals surface area contributed by atoms with Gasteiger partial charge in [-0.2, -0.15) is 0 Å². The first kappa shape index (κ1) is 16.5. The summed E-state index contributed by atoms with van der Waals surface area (Å²) in [7, 11) is 0. The average Bonchev–Trinajstić information content (AvgIpc) is 2.61. The van der Waals surface area contributed by atoms with Crippen LogP contribution < -0.4 is 15.0 Å². The van der Waals surface area contributed by atoms with E-state index in [9.17, 15) is 14.4 Å². The van der Waals surface area contributed by atoms with Crippen LogP contribution in [0.3, 0.4) is 0 Å². The van der Waals surface area contributed by atoms with Crippen molar-refractivity contribution in [3.8, 4) is 5.75 Å². The number of amides is 2. The smallest absolute Gasteiger partial charge is 0.335 e. The molecule has 3 rings (SSSR count). The van der Waals surface area contributed by atoms with Crippen molar-refractivity contribution < 1.29 is 24.2 Å². The van der Waals surface area contributed by atoms with Crippen molar-refractivity contribution in [1.29, 1.82) is 0 Å². The number of carboxylic acid groups (broad SMARTS) is 1. The van der Waals surface area contributed by atoms with Crippen LogP contribution in [0.25, 0.3) is 0 Å². The molecule has 1 heterocycles. The lowest BCUT2D eigenvalue weighted by atomic mass is 10.1. The summed E-state index contributed by atoms with van der Waals surface area (Å²) in [6.45, 7) is 1.36. The molecule has 7 heteroatoms.